The van der Waals surface area contributed by atoms with Crippen molar-refractivity contribution in [1.29, 1.82) is 0 Å². The van der Waals surface area contributed by atoms with Crippen molar-refractivity contribution in [2.24, 2.45) is 0 Å². The Hall–Kier alpha value is -0.650. The molecule has 1 fully saturated rings. The predicted octanol–water partition coefficient (Wildman–Crippen LogP) is 0.933. The number of rotatable bonds is 5. The Kier molecular flexibility index (Phi) is 5.18. The standard InChI is InChI=1S/C11H21NO4/c1-12-8(7-10(15-2)16-3)5-4-6-9(12)11(13)14/h8-10H,4-7H2,1-3H3,(H,13,14). The first kappa shape index (κ1) is 13.4. The van der Waals surface area contributed by atoms with Gasteiger partial charge in [0.25, 0.3) is 0 Å². The molecule has 1 saturated heterocycles. The largest absolute Gasteiger partial charge is 0.480 e. The fourth-order valence-corrected chi connectivity index (χ4v) is 2.30. The van der Waals surface area contributed by atoms with Crippen LogP contribution in [0.15, 0.2) is 0 Å². The number of carboxylic acids is 1. The average Bonchev–Trinajstić information content (AvgIpc) is 2.27. The number of aliphatic carboxylic acids is 1. The van der Waals surface area contributed by atoms with Gasteiger partial charge < -0.3 is 14.6 Å². The first-order valence-electron chi connectivity index (χ1n) is 5.60. The minimum absolute atomic E-state index is 0.222. The van der Waals surface area contributed by atoms with Gasteiger partial charge in [0, 0.05) is 26.7 Å². The minimum Gasteiger partial charge on any atom is -0.480 e. The van der Waals surface area contributed by atoms with Crippen molar-refractivity contribution in [2.75, 3.05) is 21.3 Å². The molecule has 0 aromatic heterocycles. The summed E-state index contributed by atoms with van der Waals surface area (Å²) >= 11 is 0. The molecule has 1 rings (SSSR count). The molecule has 0 aromatic rings. The number of hydrogen-bond acceptors (Lipinski definition) is 4. The second-order valence-corrected chi connectivity index (χ2v) is 4.24. The quantitative estimate of drug-likeness (QED) is 0.713. The zero-order valence-corrected chi connectivity index (χ0v) is 10.2. The van der Waals surface area contributed by atoms with E-state index in [0.29, 0.717) is 6.42 Å². The molecule has 5 nitrogen and oxygen atoms in total. The van der Waals surface area contributed by atoms with Crippen LogP contribution >= 0.6 is 0 Å². The monoisotopic (exact) mass is 231 g/mol. The Morgan fingerprint density at radius 2 is 2.06 bits per heavy atom. The molecule has 16 heavy (non-hydrogen) atoms. The van der Waals surface area contributed by atoms with Crippen LogP contribution in [-0.2, 0) is 14.3 Å². The van der Waals surface area contributed by atoms with Crippen molar-refractivity contribution in [3.63, 3.8) is 0 Å². The summed E-state index contributed by atoms with van der Waals surface area (Å²) in [5, 5.41) is 9.07. The summed E-state index contributed by atoms with van der Waals surface area (Å²) in [5.41, 5.74) is 0. The Morgan fingerprint density at radius 3 is 2.56 bits per heavy atom. The highest BCUT2D eigenvalue weighted by Crippen LogP contribution is 2.25. The molecule has 2 atom stereocenters. The molecule has 0 aliphatic carbocycles. The van der Waals surface area contributed by atoms with Gasteiger partial charge in [-0.25, -0.2) is 0 Å². The van der Waals surface area contributed by atoms with E-state index in [0.717, 1.165) is 19.3 Å². The van der Waals surface area contributed by atoms with E-state index in [1.54, 1.807) is 14.2 Å². The van der Waals surface area contributed by atoms with Crippen molar-refractivity contribution >= 4 is 5.97 Å². The van der Waals surface area contributed by atoms with E-state index in [4.69, 9.17) is 14.6 Å². The predicted molar refractivity (Wildman–Crippen MR) is 59.2 cm³/mol. The van der Waals surface area contributed by atoms with Crippen molar-refractivity contribution in [2.45, 2.75) is 44.1 Å². The number of carbonyl (C=O) groups is 1. The Morgan fingerprint density at radius 1 is 1.44 bits per heavy atom. The second-order valence-electron chi connectivity index (χ2n) is 4.24. The van der Waals surface area contributed by atoms with E-state index in [-0.39, 0.29) is 18.4 Å². The molecule has 1 heterocycles. The van der Waals surface area contributed by atoms with E-state index in [1.807, 2.05) is 11.9 Å². The fraction of sp³-hybridized carbons (Fsp3) is 0.909. The molecule has 0 bridgehead atoms. The van der Waals surface area contributed by atoms with Gasteiger partial charge >= 0.3 is 5.97 Å². The lowest BCUT2D eigenvalue weighted by atomic mass is 9.94. The summed E-state index contributed by atoms with van der Waals surface area (Å²) in [6.45, 7) is 0. The summed E-state index contributed by atoms with van der Waals surface area (Å²) in [5.74, 6) is -0.737. The number of piperidine rings is 1. The van der Waals surface area contributed by atoms with E-state index >= 15 is 0 Å². The maximum absolute atomic E-state index is 11.0. The molecule has 94 valence electrons. The van der Waals surface area contributed by atoms with Gasteiger partial charge in [0.15, 0.2) is 6.29 Å². The highest BCUT2D eigenvalue weighted by Gasteiger charge is 2.33. The lowest BCUT2D eigenvalue weighted by Gasteiger charge is -2.38. The van der Waals surface area contributed by atoms with Crippen molar-refractivity contribution in [1.82, 2.24) is 4.90 Å². The third-order valence-electron chi connectivity index (χ3n) is 3.36. The SMILES string of the molecule is COC(CC1CCCC(C(=O)O)N1C)OC. The van der Waals surface area contributed by atoms with E-state index in [2.05, 4.69) is 0 Å². The molecule has 2 unspecified atom stereocenters. The maximum atomic E-state index is 11.0. The van der Waals surface area contributed by atoms with Crippen LogP contribution in [0.4, 0.5) is 0 Å². The molecule has 0 amide bonds. The Balaban J connectivity index is 2.56. The first-order valence-corrected chi connectivity index (χ1v) is 5.60. The van der Waals surface area contributed by atoms with Crippen LogP contribution in [-0.4, -0.2) is 55.6 Å². The van der Waals surface area contributed by atoms with Gasteiger partial charge in [-0.3, -0.25) is 9.69 Å². The molecule has 1 aliphatic heterocycles. The zero-order chi connectivity index (χ0) is 12.1. The van der Waals surface area contributed by atoms with E-state index < -0.39 is 5.97 Å². The van der Waals surface area contributed by atoms with Crippen LogP contribution in [0.1, 0.15) is 25.7 Å². The summed E-state index contributed by atoms with van der Waals surface area (Å²) < 4.78 is 10.3. The molecule has 0 saturated carbocycles. The van der Waals surface area contributed by atoms with Crippen LogP contribution in [0.5, 0.6) is 0 Å². The third-order valence-corrected chi connectivity index (χ3v) is 3.36. The molecule has 1 aliphatic rings. The van der Waals surface area contributed by atoms with Gasteiger partial charge in [-0.05, 0) is 26.3 Å². The summed E-state index contributed by atoms with van der Waals surface area (Å²) in [4.78, 5) is 13.0. The number of likely N-dealkylation sites (tertiary alicyclic amines) is 1. The Labute approximate surface area is 96.3 Å². The normalized spacial score (nSPS) is 27.2. The third kappa shape index (κ3) is 3.17. The van der Waals surface area contributed by atoms with Crippen LogP contribution in [0.2, 0.25) is 0 Å². The van der Waals surface area contributed by atoms with Gasteiger partial charge in [-0.1, -0.05) is 0 Å². The zero-order valence-electron chi connectivity index (χ0n) is 10.2. The number of nitrogens with zero attached hydrogens (tertiary/aromatic N) is 1. The Bertz CT molecular complexity index is 230. The lowest BCUT2D eigenvalue weighted by Crippen LogP contribution is -2.49. The van der Waals surface area contributed by atoms with Crippen LogP contribution in [0.25, 0.3) is 0 Å². The summed E-state index contributed by atoms with van der Waals surface area (Å²) in [6, 6.07) is -0.145. The smallest absolute Gasteiger partial charge is 0.320 e. The molecule has 1 N–H and O–H groups in total. The maximum Gasteiger partial charge on any atom is 0.320 e. The average molecular weight is 231 g/mol. The van der Waals surface area contributed by atoms with E-state index in [1.165, 1.54) is 0 Å². The minimum atomic E-state index is -0.737. The van der Waals surface area contributed by atoms with Crippen molar-refractivity contribution < 1.29 is 19.4 Å². The van der Waals surface area contributed by atoms with Gasteiger partial charge in [0.2, 0.25) is 0 Å². The first-order chi connectivity index (χ1) is 7.60. The van der Waals surface area contributed by atoms with Crippen LogP contribution < -0.4 is 0 Å². The topological polar surface area (TPSA) is 59.0 Å². The molecule has 0 aromatic carbocycles. The number of likely N-dealkylation sites (N-methyl/N-ethyl adjacent to an activating group) is 1. The fourth-order valence-electron chi connectivity index (χ4n) is 2.30. The molecule has 5 heteroatoms. The second kappa shape index (κ2) is 6.18. The number of ether oxygens (including phenoxy) is 2. The molecular formula is C11H21NO4. The van der Waals surface area contributed by atoms with Crippen LogP contribution in [0.3, 0.4) is 0 Å². The highest BCUT2D eigenvalue weighted by molar-refractivity contribution is 5.73. The molecular weight excluding hydrogens is 210 g/mol. The van der Waals surface area contributed by atoms with Crippen LogP contribution in [0, 0.1) is 0 Å². The van der Waals surface area contributed by atoms with Crippen molar-refractivity contribution in [3.8, 4) is 0 Å². The molecule has 0 radical (unpaired) electrons. The van der Waals surface area contributed by atoms with Crippen molar-refractivity contribution in [3.05, 3.63) is 0 Å². The van der Waals surface area contributed by atoms with Gasteiger partial charge in [0.1, 0.15) is 6.04 Å². The lowest BCUT2D eigenvalue weighted by molar-refractivity contribution is -0.149. The van der Waals surface area contributed by atoms with Gasteiger partial charge in [-0.15, -0.1) is 0 Å². The van der Waals surface area contributed by atoms with Gasteiger partial charge in [0.05, 0.1) is 0 Å². The number of methoxy groups -OCH3 is 2. The molecule has 0 spiro atoms. The van der Waals surface area contributed by atoms with Gasteiger partial charge in [-0.2, -0.15) is 0 Å². The number of carboxylic acid groups (broad SMARTS) is 1. The number of hydrogen-bond donors (Lipinski definition) is 1. The summed E-state index contributed by atoms with van der Waals surface area (Å²) in [7, 11) is 5.07. The highest BCUT2D eigenvalue weighted by atomic mass is 16.7. The van der Waals surface area contributed by atoms with E-state index in [9.17, 15) is 4.79 Å². The summed E-state index contributed by atoms with van der Waals surface area (Å²) in [6.07, 6.45) is 3.15.